The molecule has 2 heterocycles. The van der Waals surface area contributed by atoms with Crippen LogP contribution in [0.5, 0.6) is 0 Å². The number of ether oxygens (including phenoxy) is 5. The van der Waals surface area contributed by atoms with Crippen LogP contribution in [0.25, 0.3) is 0 Å². The van der Waals surface area contributed by atoms with Gasteiger partial charge in [0.15, 0.2) is 23.3 Å². The Bertz CT molecular complexity index is 1430. The summed E-state index contributed by atoms with van der Waals surface area (Å²) >= 11 is 0. The summed E-state index contributed by atoms with van der Waals surface area (Å²) in [6.07, 6.45) is -0.0615. The summed E-state index contributed by atoms with van der Waals surface area (Å²) in [7, 11) is -4.16. The molecule has 41 heavy (non-hydrogen) atoms. The molecule has 2 saturated heterocycles. The van der Waals surface area contributed by atoms with Gasteiger partial charge in [-0.25, -0.2) is 0 Å². The third-order valence-corrected chi connectivity index (χ3v) is 8.64. The van der Waals surface area contributed by atoms with E-state index in [1.165, 1.54) is 12.1 Å². The van der Waals surface area contributed by atoms with Crippen LogP contribution in [0.4, 0.5) is 0 Å². The summed E-state index contributed by atoms with van der Waals surface area (Å²) in [6.45, 7) is 9.46. The normalized spacial score (nSPS) is 27.0. The highest BCUT2D eigenvalue weighted by atomic mass is 32.2. The zero-order valence-corrected chi connectivity index (χ0v) is 24.3. The average Bonchev–Trinajstić information content (AvgIpc) is 3.39. The highest BCUT2D eigenvalue weighted by Crippen LogP contribution is 2.52. The van der Waals surface area contributed by atoms with Gasteiger partial charge in [0.2, 0.25) is 0 Å². The standard InChI is InChI=1S/C32H36O8S/c1-5-32(36-21-26-14-10-7-11-15-26)28-29(39-30(3,4)38-28)40-31(32,22-35-20-25-12-8-6-9-13-25)23-37-41(33,34)27-18-16-24(2)17-19-27/h5-19,28-29H,1,20-23H2,2-4H3/t28-,29-,31-,32-/m0/s1. The number of aryl methyl sites for hydroxylation is 1. The van der Waals surface area contributed by atoms with Crippen LogP contribution in [0.3, 0.4) is 0 Å². The highest BCUT2D eigenvalue weighted by molar-refractivity contribution is 7.86. The van der Waals surface area contributed by atoms with E-state index >= 15 is 0 Å². The Hall–Kier alpha value is -2.89. The fourth-order valence-electron chi connectivity index (χ4n) is 5.22. The summed E-state index contributed by atoms with van der Waals surface area (Å²) in [6, 6.07) is 25.7. The lowest BCUT2D eigenvalue weighted by Crippen LogP contribution is -2.62. The van der Waals surface area contributed by atoms with Crippen molar-refractivity contribution in [1.29, 1.82) is 0 Å². The van der Waals surface area contributed by atoms with E-state index in [-0.39, 0.29) is 24.7 Å². The molecular formula is C32H36O8S. The molecule has 0 N–H and O–H groups in total. The molecule has 4 atom stereocenters. The van der Waals surface area contributed by atoms with E-state index in [0.717, 1.165) is 16.7 Å². The lowest BCUT2D eigenvalue weighted by Gasteiger charge is -2.44. The highest BCUT2D eigenvalue weighted by Gasteiger charge is 2.71. The van der Waals surface area contributed by atoms with Crippen molar-refractivity contribution in [3.05, 3.63) is 114 Å². The molecule has 3 aromatic carbocycles. The van der Waals surface area contributed by atoms with Crippen LogP contribution >= 0.6 is 0 Å². The minimum absolute atomic E-state index is 0.0321. The molecule has 5 rings (SSSR count). The molecule has 2 aliphatic heterocycles. The molecule has 0 spiro atoms. The molecular weight excluding hydrogens is 544 g/mol. The summed E-state index contributed by atoms with van der Waals surface area (Å²) in [5, 5.41) is 0. The molecule has 218 valence electrons. The van der Waals surface area contributed by atoms with Crippen molar-refractivity contribution in [1.82, 2.24) is 0 Å². The van der Waals surface area contributed by atoms with E-state index in [9.17, 15) is 8.42 Å². The molecule has 0 saturated carbocycles. The third kappa shape index (κ3) is 6.17. The molecule has 0 unspecified atom stereocenters. The minimum atomic E-state index is -4.16. The SMILES string of the molecule is C=C[C@]1(OCc2ccccc2)[C@H]2OC(C)(C)O[C@H]2O[C@@]1(COCc1ccccc1)COS(=O)(=O)c1ccc(C)cc1. The molecule has 0 radical (unpaired) electrons. The number of benzene rings is 3. The van der Waals surface area contributed by atoms with Gasteiger partial charge in [0.05, 0.1) is 24.7 Å². The first kappa shape index (κ1) is 29.6. The van der Waals surface area contributed by atoms with Crippen LogP contribution in [0.15, 0.2) is 102 Å². The summed E-state index contributed by atoms with van der Waals surface area (Å²) in [4.78, 5) is 0.0321. The van der Waals surface area contributed by atoms with Crippen molar-refractivity contribution in [2.75, 3.05) is 13.2 Å². The van der Waals surface area contributed by atoms with Crippen LogP contribution in [-0.4, -0.2) is 51.0 Å². The molecule has 2 fully saturated rings. The Kier molecular flexibility index (Phi) is 8.50. The van der Waals surface area contributed by atoms with E-state index in [2.05, 4.69) is 6.58 Å². The number of fused-ring (bicyclic) bond motifs is 1. The molecule has 0 bridgehead atoms. The van der Waals surface area contributed by atoms with E-state index in [4.69, 9.17) is 27.9 Å². The van der Waals surface area contributed by atoms with Gasteiger partial charge in [0.1, 0.15) is 12.7 Å². The Morgan fingerprint density at radius 3 is 2.05 bits per heavy atom. The quantitative estimate of drug-likeness (QED) is 0.211. The van der Waals surface area contributed by atoms with Gasteiger partial charge in [-0.1, -0.05) is 84.4 Å². The maximum atomic E-state index is 13.3. The van der Waals surface area contributed by atoms with Gasteiger partial charge in [-0.15, -0.1) is 6.58 Å². The van der Waals surface area contributed by atoms with E-state index in [0.29, 0.717) is 0 Å². The van der Waals surface area contributed by atoms with Crippen LogP contribution in [-0.2, 0) is 51.2 Å². The minimum Gasteiger partial charge on any atom is -0.374 e. The fourth-order valence-corrected chi connectivity index (χ4v) is 6.17. The summed E-state index contributed by atoms with van der Waals surface area (Å²) in [5.41, 5.74) is -0.124. The second kappa shape index (κ2) is 11.8. The predicted octanol–water partition coefficient (Wildman–Crippen LogP) is 5.31. The Balaban J connectivity index is 1.50. The molecule has 3 aromatic rings. The molecule has 9 heteroatoms. The van der Waals surface area contributed by atoms with Gasteiger partial charge in [-0.2, -0.15) is 8.42 Å². The van der Waals surface area contributed by atoms with Crippen molar-refractivity contribution in [3.63, 3.8) is 0 Å². The average molecular weight is 581 g/mol. The van der Waals surface area contributed by atoms with Gasteiger partial charge >= 0.3 is 0 Å². The van der Waals surface area contributed by atoms with E-state index in [1.807, 2.05) is 67.6 Å². The first-order valence-electron chi connectivity index (χ1n) is 13.5. The molecule has 0 aliphatic carbocycles. The largest absolute Gasteiger partial charge is 0.374 e. The first-order valence-corrected chi connectivity index (χ1v) is 14.9. The van der Waals surface area contributed by atoms with E-state index in [1.54, 1.807) is 32.1 Å². The number of hydrogen-bond acceptors (Lipinski definition) is 8. The van der Waals surface area contributed by atoms with Crippen LogP contribution in [0, 0.1) is 6.92 Å². The molecule has 8 nitrogen and oxygen atoms in total. The summed E-state index contributed by atoms with van der Waals surface area (Å²) in [5.74, 6) is -0.967. The molecule has 0 amide bonds. The van der Waals surface area contributed by atoms with Gasteiger partial charge in [-0.05, 0) is 44.0 Å². The van der Waals surface area contributed by atoms with Gasteiger partial charge in [0, 0.05) is 0 Å². The van der Waals surface area contributed by atoms with Gasteiger partial charge in [0.25, 0.3) is 10.1 Å². The van der Waals surface area contributed by atoms with E-state index < -0.39 is 46.1 Å². The third-order valence-electron chi connectivity index (χ3n) is 7.36. The maximum Gasteiger partial charge on any atom is 0.297 e. The van der Waals surface area contributed by atoms with Crippen molar-refractivity contribution >= 4 is 10.1 Å². The van der Waals surface area contributed by atoms with Crippen LogP contribution < -0.4 is 0 Å². The molecule has 0 aromatic heterocycles. The van der Waals surface area contributed by atoms with Gasteiger partial charge in [-0.3, -0.25) is 4.18 Å². The second-order valence-electron chi connectivity index (χ2n) is 10.8. The van der Waals surface area contributed by atoms with Gasteiger partial charge < -0.3 is 23.7 Å². The first-order chi connectivity index (χ1) is 19.6. The number of rotatable bonds is 12. The lowest BCUT2D eigenvalue weighted by molar-refractivity contribution is -0.275. The molecule has 2 aliphatic rings. The Morgan fingerprint density at radius 2 is 1.44 bits per heavy atom. The Labute approximate surface area is 241 Å². The Morgan fingerprint density at radius 1 is 0.829 bits per heavy atom. The smallest absolute Gasteiger partial charge is 0.297 e. The number of hydrogen-bond donors (Lipinski definition) is 0. The van der Waals surface area contributed by atoms with Crippen molar-refractivity contribution < 1.29 is 36.3 Å². The van der Waals surface area contributed by atoms with Crippen molar-refractivity contribution in [3.8, 4) is 0 Å². The van der Waals surface area contributed by atoms with Crippen molar-refractivity contribution in [2.24, 2.45) is 0 Å². The topological polar surface area (TPSA) is 89.5 Å². The van der Waals surface area contributed by atoms with Crippen LogP contribution in [0.2, 0.25) is 0 Å². The second-order valence-corrected chi connectivity index (χ2v) is 12.4. The fraction of sp³-hybridized carbons (Fsp3) is 0.375. The maximum absolute atomic E-state index is 13.3. The summed E-state index contributed by atoms with van der Waals surface area (Å²) < 4.78 is 64.1. The monoisotopic (exact) mass is 580 g/mol. The predicted molar refractivity (Wildman–Crippen MR) is 152 cm³/mol. The zero-order valence-electron chi connectivity index (χ0n) is 23.5. The van der Waals surface area contributed by atoms with Crippen molar-refractivity contribution in [2.45, 2.75) is 68.3 Å². The van der Waals surface area contributed by atoms with Crippen LogP contribution in [0.1, 0.15) is 30.5 Å². The lowest BCUT2D eigenvalue weighted by atomic mass is 9.81. The zero-order chi connectivity index (χ0) is 29.1.